The van der Waals surface area contributed by atoms with Crippen LogP contribution >= 0.6 is 0 Å². The number of carbonyl (C=O) groups is 2. The van der Waals surface area contributed by atoms with Crippen molar-refractivity contribution >= 4 is 17.5 Å². The molecule has 0 aliphatic rings. The lowest BCUT2D eigenvalue weighted by Crippen LogP contribution is -2.45. The number of hydrogen-bond donors (Lipinski definition) is 2. The largest absolute Gasteiger partial charge is 0.361 e. The van der Waals surface area contributed by atoms with Crippen LogP contribution < -0.4 is 16.6 Å². The van der Waals surface area contributed by atoms with Gasteiger partial charge in [0.25, 0.3) is 0 Å². The maximum Gasteiger partial charge on any atom is 0.330 e. The topological polar surface area (TPSA) is 89.4 Å². The first-order valence-electron chi connectivity index (χ1n) is 4.54. The summed E-state index contributed by atoms with van der Waals surface area (Å²) in [6.45, 7) is 1.93. The molecular formula is C10H13N3O2. The summed E-state index contributed by atoms with van der Waals surface area (Å²) in [7, 11) is 0. The average Bonchev–Trinajstić information content (AvgIpc) is 2.26. The number of para-hydroxylation sites is 1. The van der Waals surface area contributed by atoms with Gasteiger partial charge in [-0.15, -0.1) is 0 Å². The van der Waals surface area contributed by atoms with E-state index in [4.69, 9.17) is 11.6 Å². The van der Waals surface area contributed by atoms with Gasteiger partial charge in [-0.1, -0.05) is 25.1 Å². The minimum Gasteiger partial charge on any atom is -0.361 e. The molecule has 0 atom stereocenters. The predicted octanol–water partition coefficient (Wildman–Crippen LogP) is -0.0590. The molecule has 1 aromatic rings. The molecule has 0 fully saturated rings. The van der Waals surface area contributed by atoms with E-state index in [1.54, 1.807) is 12.1 Å². The highest BCUT2D eigenvalue weighted by Crippen LogP contribution is 2.18. The Balaban J connectivity index is 3.05. The van der Waals surface area contributed by atoms with Gasteiger partial charge in [0.15, 0.2) is 0 Å². The lowest BCUT2D eigenvalue weighted by atomic mass is 10.1. The molecule has 5 heteroatoms. The van der Waals surface area contributed by atoms with Crippen molar-refractivity contribution in [1.29, 1.82) is 0 Å². The maximum atomic E-state index is 11.2. The normalized spacial score (nSPS) is 9.73. The zero-order valence-corrected chi connectivity index (χ0v) is 8.43. The second-order valence-corrected chi connectivity index (χ2v) is 3.02. The Bertz CT molecular complexity index is 390. The van der Waals surface area contributed by atoms with Gasteiger partial charge in [-0.2, -0.15) is 0 Å². The molecule has 0 unspecified atom stereocenters. The Hall–Kier alpha value is -1.88. The maximum absolute atomic E-state index is 11.2. The van der Waals surface area contributed by atoms with Crippen LogP contribution in [0.1, 0.15) is 12.5 Å². The first kappa shape index (κ1) is 11.2. The van der Waals surface area contributed by atoms with Crippen molar-refractivity contribution < 1.29 is 9.59 Å². The van der Waals surface area contributed by atoms with Crippen LogP contribution in [0, 0.1) is 0 Å². The second-order valence-electron chi connectivity index (χ2n) is 3.02. The molecule has 0 saturated carbocycles. The van der Waals surface area contributed by atoms with Crippen molar-refractivity contribution in [2.24, 2.45) is 11.6 Å². The lowest BCUT2D eigenvalue weighted by Gasteiger charge is -2.17. The number of nitrogens with two attached hydrogens (primary N) is 2. The average molecular weight is 207 g/mol. The quantitative estimate of drug-likeness (QED) is 0.308. The third-order valence-electron chi connectivity index (χ3n) is 2.06. The molecule has 2 amide bonds. The fourth-order valence-electron chi connectivity index (χ4n) is 1.27. The van der Waals surface area contributed by atoms with Crippen LogP contribution in [0.3, 0.4) is 0 Å². The van der Waals surface area contributed by atoms with E-state index >= 15 is 0 Å². The molecule has 5 nitrogen and oxygen atoms in total. The van der Waals surface area contributed by atoms with E-state index in [2.05, 4.69) is 0 Å². The highest BCUT2D eigenvalue weighted by molar-refractivity contribution is 6.39. The summed E-state index contributed by atoms with van der Waals surface area (Å²) in [6.07, 6.45) is 0.718. The third-order valence-corrected chi connectivity index (χ3v) is 2.06. The van der Waals surface area contributed by atoms with Gasteiger partial charge < -0.3 is 5.73 Å². The number of carbonyl (C=O) groups excluding carboxylic acids is 2. The molecule has 1 rings (SSSR count). The fraction of sp³-hybridized carbons (Fsp3) is 0.200. The van der Waals surface area contributed by atoms with Crippen molar-refractivity contribution in [2.75, 3.05) is 5.01 Å². The minimum absolute atomic E-state index is 0.504. The number of hydrazine groups is 1. The molecule has 15 heavy (non-hydrogen) atoms. The molecule has 0 aromatic heterocycles. The van der Waals surface area contributed by atoms with E-state index in [1.165, 1.54) is 0 Å². The highest BCUT2D eigenvalue weighted by atomic mass is 16.2. The highest BCUT2D eigenvalue weighted by Gasteiger charge is 2.18. The smallest absolute Gasteiger partial charge is 0.330 e. The van der Waals surface area contributed by atoms with E-state index in [9.17, 15) is 9.59 Å². The molecule has 0 saturated heterocycles. The SMILES string of the molecule is CCc1ccccc1N(N)C(=O)C(N)=O. The Morgan fingerprint density at radius 2 is 1.93 bits per heavy atom. The number of primary amides is 1. The molecule has 80 valence electrons. The van der Waals surface area contributed by atoms with Gasteiger partial charge in [0.05, 0.1) is 5.69 Å². The summed E-state index contributed by atoms with van der Waals surface area (Å²) >= 11 is 0. The number of hydrogen-bond acceptors (Lipinski definition) is 3. The van der Waals surface area contributed by atoms with Crippen LogP contribution in [0.25, 0.3) is 0 Å². The van der Waals surface area contributed by atoms with E-state index in [1.807, 2.05) is 19.1 Å². The van der Waals surface area contributed by atoms with Crippen LogP contribution in [0.2, 0.25) is 0 Å². The zero-order chi connectivity index (χ0) is 11.4. The fourth-order valence-corrected chi connectivity index (χ4v) is 1.27. The summed E-state index contributed by atoms with van der Waals surface area (Å²) in [5.74, 6) is 3.51. The molecule has 0 radical (unpaired) electrons. The number of benzene rings is 1. The van der Waals surface area contributed by atoms with Gasteiger partial charge in [-0.05, 0) is 18.1 Å². The van der Waals surface area contributed by atoms with Gasteiger partial charge in [0.1, 0.15) is 0 Å². The third kappa shape index (κ3) is 2.32. The molecule has 0 aliphatic carbocycles. The summed E-state index contributed by atoms with van der Waals surface area (Å²) < 4.78 is 0. The van der Waals surface area contributed by atoms with E-state index in [0.717, 1.165) is 17.0 Å². The number of amides is 2. The summed E-state index contributed by atoms with van der Waals surface area (Å²) in [6, 6.07) is 7.08. The lowest BCUT2D eigenvalue weighted by molar-refractivity contribution is -0.135. The summed E-state index contributed by atoms with van der Waals surface area (Å²) in [4.78, 5) is 21.9. The van der Waals surface area contributed by atoms with Gasteiger partial charge in [0, 0.05) is 0 Å². The molecule has 0 heterocycles. The van der Waals surface area contributed by atoms with Crippen LogP contribution in [-0.4, -0.2) is 11.8 Å². The molecule has 0 bridgehead atoms. The number of rotatable bonds is 2. The Morgan fingerprint density at radius 1 is 1.33 bits per heavy atom. The molecule has 1 aromatic carbocycles. The van der Waals surface area contributed by atoms with E-state index in [0.29, 0.717) is 5.69 Å². The number of nitrogens with zero attached hydrogens (tertiary/aromatic N) is 1. The van der Waals surface area contributed by atoms with Crippen LogP contribution in [0.5, 0.6) is 0 Å². The summed E-state index contributed by atoms with van der Waals surface area (Å²) in [5.41, 5.74) is 6.24. The summed E-state index contributed by atoms with van der Waals surface area (Å²) in [5, 5.41) is 0.779. The Morgan fingerprint density at radius 3 is 2.47 bits per heavy atom. The molecule has 0 aliphatic heterocycles. The van der Waals surface area contributed by atoms with Crippen molar-refractivity contribution in [2.45, 2.75) is 13.3 Å². The number of aryl methyl sites for hydroxylation is 1. The van der Waals surface area contributed by atoms with Gasteiger partial charge >= 0.3 is 11.8 Å². The first-order chi connectivity index (χ1) is 7.07. The van der Waals surface area contributed by atoms with Gasteiger partial charge in [0.2, 0.25) is 0 Å². The van der Waals surface area contributed by atoms with Crippen LogP contribution in [0.15, 0.2) is 24.3 Å². The standard InChI is InChI=1S/C10H13N3O2/c1-2-7-5-3-4-6-8(7)13(12)10(15)9(11)14/h3-6H,2,12H2,1H3,(H2,11,14). The zero-order valence-electron chi connectivity index (χ0n) is 8.43. The van der Waals surface area contributed by atoms with Crippen molar-refractivity contribution in [3.05, 3.63) is 29.8 Å². The van der Waals surface area contributed by atoms with Crippen molar-refractivity contribution in [3.8, 4) is 0 Å². The predicted molar refractivity (Wildman–Crippen MR) is 56.7 cm³/mol. The number of anilines is 1. The van der Waals surface area contributed by atoms with E-state index in [-0.39, 0.29) is 0 Å². The monoisotopic (exact) mass is 207 g/mol. The Kier molecular flexibility index (Phi) is 3.41. The second kappa shape index (κ2) is 4.56. The minimum atomic E-state index is -1.07. The van der Waals surface area contributed by atoms with Gasteiger partial charge in [-0.25, -0.2) is 10.9 Å². The molecular weight excluding hydrogens is 194 g/mol. The van der Waals surface area contributed by atoms with Crippen LogP contribution in [-0.2, 0) is 16.0 Å². The molecule has 4 N–H and O–H groups in total. The first-order valence-corrected chi connectivity index (χ1v) is 4.54. The van der Waals surface area contributed by atoms with Gasteiger partial charge in [-0.3, -0.25) is 9.59 Å². The van der Waals surface area contributed by atoms with E-state index < -0.39 is 11.8 Å². The molecule has 0 spiro atoms. The Labute approximate surface area is 87.6 Å². The van der Waals surface area contributed by atoms with Crippen molar-refractivity contribution in [3.63, 3.8) is 0 Å². The van der Waals surface area contributed by atoms with Crippen molar-refractivity contribution in [1.82, 2.24) is 0 Å². The van der Waals surface area contributed by atoms with Crippen LogP contribution in [0.4, 0.5) is 5.69 Å².